The summed E-state index contributed by atoms with van der Waals surface area (Å²) in [6.07, 6.45) is -1.41. The molecule has 0 bridgehead atoms. The van der Waals surface area contributed by atoms with Crippen molar-refractivity contribution in [2.75, 3.05) is 4.72 Å². The van der Waals surface area contributed by atoms with Crippen LogP contribution >= 0.6 is 0 Å². The zero-order valence-corrected chi connectivity index (χ0v) is 12.5. The number of anilines is 1. The van der Waals surface area contributed by atoms with Crippen LogP contribution in [0.15, 0.2) is 54.6 Å². The van der Waals surface area contributed by atoms with Gasteiger partial charge in [-0.2, -0.15) is 0 Å². The molecule has 1 amide bonds. The van der Waals surface area contributed by atoms with Crippen molar-refractivity contribution in [2.24, 2.45) is 5.73 Å². The van der Waals surface area contributed by atoms with Gasteiger partial charge in [-0.3, -0.25) is 9.52 Å². The van der Waals surface area contributed by atoms with Crippen LogP contribution in [-0.4, -0.2) is 19.4 Å². The lowest BCUT2D eigenvalue weighted by Gasteiger charge is -2.10. The maximum Gasteiger partial charge on any atom is 0.250 e. The smallest absolute Gasteiger partial charge is 0.250 e. The van der Waals surface area contributed by atoms with E-state index in [1.165, 1.54) is 24.3 Å². The van der Waals surface area contributed by atoms with Crippen molar-refractivity contribution < 1.29 is 18.3 Å². The fraction of sp³-hybridized carbons (Fsp3) is 0.133. The van der Waals surface area contributed by atoms with Gasteiger partial charge in [0, 0.05) is 5.69 Å². The van der Waals surface area contributed by atoms with Gasteiger partial charge in [0.05, 0.1) is 5.75 Å². The third-order valence-electron chi connectivity index (χ3n) is 2.97. The molecule has 0 aliphatic heterocycles. The molecule has 0 spiro atoms. The quantitative estimate of drug-likeness (QED) is 0.741. The lowest BCUT2D eigenvalue weighted by Crippen LogP contribution is -2.21. The number of benzene rings is 2. The minimum absolute atomic E-state index is 0.139. The van der Waals surface area contributed by atoms with Gasteiger partial charge in [0.15, 0.2) is 6.10 Å². The fourth-order valence-electron chi connectivity index (χ4n) is 1.91. The Morgan fingerprint density at radius 3 is 2.23 bits per heavy atom. The van der Waals surface area contributed by atoms with Gasteiger partial charge >= 0.3 is 0 Å². The van der Waals surface area contributed by atoms with Gasteiger partial charge in [0.25, 0.3) is 5.91 Å². The molecule has 22 heavy (non-hydrogen) atoms. The Labute approximate surface area is 128 Å². The Balaban J connectivity index is 2.08. The molecule has 0 fully saturated rings. The lowest BCUT2D eigenvalue weighted by atomic mass is 10.1. The van der Waals surface area contributed by atoms with Crippen LogP contribution in [0.5, 0.6) is 0 Å². The topological polar surface area (TPSA) is 109 Å². The van der Waals surface area contributed by atoms with E-state index >= 15 is 0 Å². The number of aliphatic hydroxyl groups is 1. The number of amides is 1. The van der Waals surface area contributed by atoms with E-state index in [4.69, 9.17) is 5.73 Å². The molecule has 2 aromatic carbocycles. The summed E-state index contributed by atoms with van der Waals surface area (Å²) >= 11 is 0. The molecule has 1 atom stereocenters. The Hall–Kier alpha value is -2.38. The van der Waals surface area contributed by atoms with Gasteiger partial charge in [0.1, 0.15) is 0 Å². The summed E-state index contributed by atoms with van der Waals surface area (Å²) in [5.41, 5.74) is 6.32. The van der Waals surface area contributed by atoms with Crippen molar-refractivity contribution in [2.45, 2.75) is 11.9 Å². The van der Waals surface area contributed by atoms with E-state index < -0.39 is 22.0 Å². The van der Waals surface area contributed by atoms with Crippen LogP contribution in [-0.2, 0) is 20.6 Å². The number of sulfonamides is 1. The van der Waals surface area contributed by atoms with E-state index in [9.17, 15) is 18.3 Å². The molecular weight excluding hydrogens is 304 g/mol. The van der Waals surface area contributed by atoms with Gasteiger partial charge in [-0.1, -0.05) is 42.5 Å². The van der Waals surface area contributed by atoms with Crippen molar-refractivity contribution in [1.29, 1.82) is 0 Å². The first kappa shape index (κ1) is 16.0. The van der Waals surface area contributed by atoms with Gasteiger partial charge in [0.2, 0.25) is 10.0 Å². The molecule has 7 heteroatoms. The highest BCUT2D eigenvalue weighted by Gasteiger charge is 2.15. The molecular formula is C15H16N2O4S. The van der Waals surface area contributed by atoms with Crippen LogP contribution in [0, 0.1) is 0 Å². The number of primary amides is 1. The van der Waals surface area contributed by atoms with E-state index in [1.807, 2.05) is 6.07 Å². The summed E-state index contributed by atoms with van der Waals surface area (Å²) < 4.78 is 26.6. The minimum Gasteiger partial charge on any atom is -0.378 e. The third kappa shape index (κ3) is 4.31. The van der Waals surface area contributed by atoms with Crippen LogP contribution in [0.25, 0.3) is 0 Å². The Morgan fingerprint density at radius 2 is 1.68 bits per heavy atom. The predicted molar refractivity (Wildman–Crippen MR) is 83.3 cm³/mol. The minimum atomic E-state index is -3.54. The first-order valence-corrected chi connectivity index (χ1v) is 8.14. The van der Waals surface area contributed by atoms with Crippen LogP contribution in [0.1, 0.15) is 17.2 Å². The van der Waals surface area contributed by atoms with E-state index in [2.05, 4.69) is 4.72 Å². The summed E-state index contributed by atoms with van der Waals surface area (Å²) in [6.45, 7) is 0. The number of nitrogens with two attached hydrogens (primary N) is 1. The van der Waals surface area contributed by atoms with Crippen molar-refractivity contribution >= 4 is 21.6 Å². The largest absolute Gasteiger partial charge is 0.378 e. The lowest BCUT2D eigenvalue weighted by molar-refractivity contribution is -0.126. The average molecular weight is 320 g/mol. The molecule has 0 aliphatic carbocycles. The average Bonchev–Trinajstić information content (AvgIpc) is 2.47. The van der Waals surface area contributed by atoms with Crippen molar-refractivity contribution in [1.82, 2.24) is 0 Å². The summed E-state index contributed by atoms with van der Waals surface area (Å²) in [7, 11) is -3.54. The van der Waals surface area contributed by atoms with Crippen LogP contribution in [0.3, 0.4) is 0 Å². The van der Waals surface area contributed by atoms with Crippen molar-refractivity contribution in [3.05, 3.63) is 65.7 Å². The maximum absolute atomic E-state index is 12.1. The maximum atomic E-state index is 12.1. The molecule has 0 heterocycles. The zero-order valence-electron chi connectivity index (χ0n) is 11.6. The number of hydrogen-bond donors (Lipinski definition) is 3. The van der Waals surface area contributed by atoms with Crippen molar-refractivity contribution in [3.63, 3.8) is 0 Å². The van der Waals surface area contributed by atoms with E-state index in [-0.39, 0.29) is 5.75 Å². The van der Waals surface area contributed by atoms with Gasteiger partial charge in [-0.25, -0.2) is 8.42 Å². The molecule has 0 aromatic heterocycles. The molecule has 116 valence electrons. The van der Waals surface area contributed by atoms with Crippen LogP contribution in [0.2, 0.25) is 0 Å². The monoisotopic (exact) mass is 320 g/mol. The number of rotatable bonds is 6. The second-order valence-corrected chi connectivity index (χ2v) is 6.50. The SMILES string of the molecule is NC(=O)C(O)c1ccc(NS(=O)(=O)Cc2ccccc2)cc1. The number of carbonyl (C=O) groups excluding carboxylic acids is 1. The summed E-state index contributed by atoms with van der Waals surface area (Å²) in [4.78, 5) is 10.9. The summed E-state index contributed by atoms with van der Waals surface area (Å²) in [5, 5.41) is 9.50. The molecule has 2 rings (SSSR count). The number of carbonyl (C=O) groups is 1. The molecule has 6 nitrogen and oxygen atoms in total. The summed E-state index contributed by atoms with van der Waals surface area (Å²) in [5.74, 6) is -1.00. The second-order valence-electron chi connectivity index (χ2n) is 4.77. The number of nitrogens with one attached hydrogen (secondary N) is 1. The Morgan fingerprint density at radius 1 is 1.09 bits per heavy atom. The molecule has 2 aromatic rings. The highest BCUT2D eigenvalue weighted by atomic mass is 32.2. The van der Waals surface area contributed by atoms with E-state index in [0.29, 0.717) is 16.8 Å². The predicted octanol–water partition coefficient (Wildman–Crippen LogP) is 1.15. The van der Waals surface area contributed by atoms with Crippen LogP contribution in [0.4, 0.5) is 5.69 Å². The zero-order chi connectivity index (χ0) is 16.2. The van der Waals surface area contributed by atoms with Gasteiger partial charge < -0.3 is 10.8 Å². The third-order valence-corrected chi connectivity index (χ3v) is 4.23. The standard InChI is InChI=1S/C15H16N2O4S/c16-15(19)14(18)12-6-8-13(9-7-12)17-22(20,21)10-11-4-2-1-3-5-11/h1-9,14,17-18H,10H2,(H2,16,19). The highest BCUT2D eigenvalue weighted by Crippen LogP contribution is 2.18. The first-order chi connectivity index (χ1) is 10.4. The van der Waals surface area contributed by atoms with Crippen molar-refractivity contribution in [3.8, 4) is 0 Å². The van der Waals surface area contributed by atoms with Gasteiger partial charge in [-0.05, 0) is 23.3 Å². The molecule has 0 aliphatic rings. The normalized spacial score (nSPS) is 12.6. The first-order valence-electron chi connectivity index (χ1n) is 6.49. The molecule has 0 radical (unpaired) electrons. The molecule has 4 N–H and O–H groups in total. The number of hydrogen-bond acceptors (Lipinski definition) is 4. The van der Waals surface area contributed by atoms with Crippen LogP contribution < -0.4 is 10.5 Å². The molecule has 0 saturated carbocycles. The molecule has 0 saturated heterocycles. The summed E-state index contributed by atoms with van der Waals surface area (Å²) in [6, 6.07) is 14.6. The Bertz CT molecular complexity index is 743. The molecule has 1 unspecified atom stereocenters. The van der Waals surface area contributed by atoms with E-state index in [0.717, 1.165) is 0 Å². The second kappa shape index (κ2) is 6.59. The number of aliphatic hydroxyl groups excluding tert-OH is 1. The fourth-order valence-corrected chi connectivity index (χ4v) is 3.11. The Kier molecular flexibility index (Phi) is 4.79. The highest BCUT2D eigenvalue weighted by molar-refractivity contribution is 7.91. The van der Waals surface area contributed by atoms with Gasteiger partial charge in [-0.15, -0.1) is 0 Å². The van der Waals surface area contributed by atoms with E-state index in [1.54, 1.807) is 24.3 Å².